The maximum absolute atomic E-state index is 6.09. The first kappa shape index (κ1) is 15.3. The normalized spacial score (nSPS) is 12.5. The van der Waals surface area contributed by atoms with Crippen molar-refractivity contribution in [3.63, 3.8) is 0 Å². The Balaban J connectivity index is 1.82. The van der Waals surface area contributed by atoms with Gasteiger partial charge in [-0.05, 0) is 35.2 Å². The van der Waals surface area contributed by atoms with E-state index in [0.29, 0.717) is 0 Å². The molecule has 0 saturated heterocycles. The van der Waals surface area contributed by atoms with Crippen LogP contribution >= 0.6 is 50.2 Å². The Bertz CT molecular complexity index is 709. The quantitative estimate of drug-likeness (QED) is 0.547. The molecule has 2 heterocycles. The summed E-state index contributed by atoms with van der Waals surface area (Å²) in [5.41, 5.74) is 1.25. The zero-order valence-electron chi connectivity index (χ0n) is 11.1. The van der Waals surface area contributed by atoms with E-state index in [0.717, 1.165) is 15.4 Å². The van der Waals surface area contributed by atoms with E-state index < -0.39 is 0 Å². The largest absolute Gasteiger partial charge is 0.301 e. The van der Waals surface area contributed by atoms with E-state index in [1.54, 1.807) is 22.7 Å². The first-order valence-corrected chi connectivity index (χ1v) is 9.36. The van der Waals surface area contributed by atoms with E-state index in [1.165, 1.54) is 15.3 Å². The fourth-order valence-corrected chi connectivity index (χ4v) is 4.61. The number of halogens is 2. The number of benzene rings is 1. The van der Waals surface area contributed by atoms with Crippen molar-refractivity contribution in [1.82, 2.24) is 5.32 Å². The summed E-state index contributed by atoms with van der Waals surface area (Å²) < 4.78 is 1.96. The molecule has 0 aliphatic rings. The monoisotopic (exact) mass is 397 g/mol. The molecule has 1 N–H and O–H groups in total. The van der Waals surface area contributed by atoms with E-state index in [4.69, 9.17) is 11.6 Å². The average Bonchev–Trinajstić information content (AvgIpc) is 3.13. The van der Waals surface area contributed by atoms with E-state index >= 15 is 0 Å². The molecule has 0 amide bonds. The highest BCUT2D eigenvalue weighted by atomic mass is 79.9. The second kappa shape index (κ2) is 7.07. The first-order chi connectivity index (χ1) is 10.2. The molecule has 0 radical (unpaired) electrons. The number of hydrogen-bond acceptors (Lipinski definition) is 3. The summed E-state index contributed by atoms with van der Waals surface area (Å²) >= 11 is 13.1. The van der Waals surface area contributed by atoms with Crippen molar-refractivity contribution in [2.45, 2.75) is 12.6 Å². The van der Waals surface area contributed by atoms with Gasteiger partial charge in [-0.1, -0.05) is 51.8 Å². The van der Waals surface area contributed by atoms with Crippen molar-refractivity contribution in [1.29, 1.82) is 0 Å². The highest BCUT2D eigenvalue weighted by Gasteiger charge is 2.17. The molecule has 1 nitrogen and oxygen atoms in total. The topological polar surface area (TPSA) is 12.0 Å². The maximum atomic E-state index is 6.09. The predicted octanol–water partition coefficient (Wildman–Crippen LogP) is 6.10. The molecular formula is C16H13BrClNS2. The molecular weight excluding hydrogens is 386 g/mol. The second-order valence-corrected chi connectivity index (χ2v) is 8.14. The van der Waals surface area contributed by atoms with Crippen LogP contribution in [-0.2, 0) is 6.54 Å². The lowest BCUT2D eigenvalue weighted by Gasteiger charge is -2.17. The molecule has 1 aromatic carbocycles. The van der Waals surface area contributed by atoms with Gasteiger partial charge in [0.15, 0.2) is 0 Å². The molecule has 0 saturated carbocycles. The summed E-state index contributed by atoms with van der Waals surface area (Å²) in [6.45, 7) is 0.805. The molecule has 1 unspecified atom stereocenters. The first-order valence-electron chi connectivity index (χ1n) is 6.49. The van der Waals surface area contributed by atoms with Gasteiger partial charge in [0.2, 0.25) is 0 Å². The third kappa shape index (κ3) is 3.76. The molecule has 2 aromatic heterocycles. The van der Waals surface area contributed by atoms with Crippen LogP contribution in [0.2, 0.25) is 4.34 Å². The number of thiophene rings is 2. The van der Waals surface area contributed by atoms with Crippen LogP contribution in [0.4, 0.5) is 0 Å². The summed E-state index contributed by atoms with van der Waals surface area (Å²) in [6.07, 6.45) is 0. The maximum Gasteiger partial charge on any atom is 0.0931 e. The van der Waals surface area contributed by atoms with E-state index in [9.17, 15) is 0 Å². The SMILES string of the molecule is Clc1ccc(C(NCc2ccccc2Br)c2cccs2)s1. The lowest BCUT2D eigenvalue weighted by molar-refractivity contribution is 0.620. The molecule has 21 heavy (non-hydrogen) atoms. The molecule has 5 heteroatoms. The lowest BCUT2D eigenvalue weighted by atomic mass is 10.1. The van der Waals surface area contributed by atoms with Gasteiger partial charge < -0.3 is 5.32 Å². The zero-order chi connectivity index (χ0) is 14.7. The summed E-state index contributed by atoms with van der Waals surface area (Å²) in [5, 5.41) is 5.75. The Labute approximate surface area is 145 Å². The summed E-state index contributed by atoms with van der Waals surface area (Å²) in [6, 6.07) is 16.8. The van der Waals surface area contributed by atoms with Crippen molar-refractivity contribution >= 4 is 50.2 Å². The van der Waals surface area contributed by atoms with Gasteiger partial charge in [0.05, 0.1) is 10.4 Å². The van der Waals surface area contributed by atoms with Gasteiger partial charge in [-0.3, -0.25) is 0 Å². The summed E-state index contributed by atoms with van der Waals surface area (Å²) in [4.78, 5) is 2.55. The molecule has 108 valence electrons. The molecule has 0 aliphatic heterocycles. The Kier molecular flexibility index (Phi) is 5.14. The minimum absolute atomic E-state index is 0.189. The van der Waals surface area contributed by atoms with Crippen LogP contribution in [0, 0.1) is 0 Å². The smallest absolute Gasteiger partial charge is 0.0931 e. The van der Waals surface area contributed by atoms with E-state index in [2.05, 4.69) is 63.0 Å². The van der Waals surface area contributed by atoms with Gasteiger partial charge in [0.1, 0.15) is 0 Å². The van der Waals surface area contributed by atoms with Crippen LogP contribution in [0.25, 0.3) is 0 Å². The van der Waals surface area contributed by atoms with Crippen LogP contribution < -0.4 is 5.32 Å². The molecule has 0 aliphatic carbocycles. The van der Waals surface area contributed by atoms with Gasteiger partial charge in [-0.25, -0.2) is 0 Å². The minimum Gasteiger partial charge on any atom is -0.301 e. The van der Waals surface area contributed by atoms with Crippen molar-refractivity contribution in [2.75, 3.05) is 0 Å². The molecule has 0 fully saturated rings. The van der Waals surface area contributed by atoms with Crippen LogP contribution in [0.15, 0.2) is 58.4 Å². The average molecular weight is 399 g/mol. The minimum atomic E-state index is 0.189. The van der Waals surface area contributed by atoms with Crippen LogP contribution in [0.5, 0.6) is 0 Å². The molecule has 3 rings (SSSR count). The van der Waals surface area contributed by atoms with Crippen molar-refractivity contribution in [3.05, 3.63) is 78.0 Å². The Morgan fingerprint density at radius 2 is 1.90 bits per heavy atom. The predicted molar refractivity (Wildman–Crippen MR) is 96.5 cm³/mol. The number of rotatable bonds is 5. The highest BCUT2D eigenvalue weighted by molar-refractivity contribution is 9.10. The van der Waals surface area contributed by atoms with Crippen LogP contribution in [0.1, 0.15) is 21.4 Å². The fourth-order valence-electron chi connectivity index (χ4n) is 2.13. The summed E-state index contributed by atoms with van der Waals surface area (Å²) in [5.74, 6) is 0. The number of hydrogen-bond donors (Lipinski definition) is 1. The van der Waals surface area contributed by atoms with Crippen LogP contribution in [-0.4, -0.2) is 0 Å². The Morgan fingerprint density at radius 3 is 2.57 bits per heavy atom. The molecule has 3 aromatic rings. The second-order valence-electron chi connectivity index (χ2n) is 4.56. The molecule has 0 bridgehead atoms. The van der Waals surface area contributed by atoms with Gasteiger partial charge in [-0.2, -0.15) is 0 Å². The molecule has 0 spiro atoms. The van der Waals surface area contributed by atoms with Crippen molar-refractivity contribution in [3.8, 4) is 0 Å². The van der Waals surface area contributed by atoms with Crippen molar-refractivity contribution in [2.24, 2.45) is 0 Å². The third-order valence-corrected chi connectivity index (χ3v) is 6.17. The van der Waals surface area contributed by atoms with Gasteiger partial charge in [-0.15, -0.1) is 22.7 Å². The van der Waals surface area contributed by atoms with Gasteiger partial charge >= 0.3 is 0 Å². The third-order valence-electron chi connectivity index (χ3n) is 3.16. The number of nitrogens with one attached hydrogen (secondary N) is 1. The zero-order valence-corrected chi connectivity index (χ0v) is 15.0. The fraction of sp³-hybridized carbons (Fsp3) is 0.125. The Morgan fingerprint density at radius 1 is 1.05 bits per heavy atom. The van der Waals surface area contributed by atoms with Gasteiger partial charge in [0.25, 0.3) is 0 Å². The van der Waals surface area contributed by atoms with Gasteiger partial charge in [0, 0.05) is 20.8 Å². The lowest BCUT2D eigenvalue weighted by Crippen LogP contribution is -2.20. The standard InChI is InChI=1S/C16H13BrClNS2/c17-12-5-2-1-4-11(12)10-19-16(13-6-3-9-20-13)14-7-8-15(18)21-14/h1-9,16,19H,10H2. The summed E-state index contributed by atoms with van der Waals surface area (Å²) in [7, 11) is 0. The highest BCUT2D eigenvalue weighted by Crippen LogP contribution is 2.33. The van der Waals surface area contributed by atoms with Crippen molar-refractivity contribution < 1.29 is 0 Å². The van der Waals surface area contributed by atoms with E-state index in [-0.39, 0.29) is 6.04 Å². The van der Waals surface area contributed by atoms with Crippen LogP contribution in [0.3, 0.4) is 0 Å². The molecule has 1 atom stereocenters. The Hall–Kier alpha value is -0.650. The van der Waals surface area contributed by atoms with E-state index in [1.807, 2.05) is 12.1 Å².